The number of amides is 1. The molecule has 1 fully saturated rings. The minimum absolute atomic E-state index is 0. The van der Waals surface area contributed by atoms with E-state index < -0.39 is 0 Å². The molecule has 1 amide bonds. The molecule has 0 unspecified atom stereocenters. The van der Waals surface area contributed by atoms with Crippen LogP contribution in [0.25, 0.3) is 0 Å². The first-order valence-corrected chi connectivity index (χ1v) is 6.40. The summed E-state index contributed by atoms with van der Waals surface area (Å²) in [4.78, 5) is 11.9. The molecule has 0 aliphatic carbocycles. The molecule has 2 N–H and O–H groups in total. The molecule has 1 aliphatic rings. The molecule has 1 aromatic rings. The van der Waals surface area contributed by atoms with E-state index in [1.165, 1.54) is 6.07 Å². The smallest absolute Gasteiger partial charge is 0.224 e. The maximum Gasteiger partial charge on any atom is 0.224 e. The highest BCUT2D eigenvalue weighted by Crippen LogP contribution is 2.11. The number of nitrogens with one attached hydrogen (secondary N) is 2. The van der Waals surface area contributed by atoms with Gasteiger partial charge in [0.2, 0.25) is 5.91 Å². The van der Waals surface area contributed by atoms with E-state index in [9.17, 15) is 9.18 Å². The maximum absolute atomic E-state index is 13.3. The van der Waals surface area contributed by atoms with Gasteiger partial charge in [0.15, 0.2) is 0 Å². The van der Waals surface area contributed by atoms with E-state index in [0.717, 1.165) is 31.5 Å². The summed E-state index contributed by atoms with van der Waals surface area (Å²) in [5.41, 5.74) is 1.43. The summed E-state index contributed by atoms with van der Waals surface area (Å²) in [7, 11) is 0. The van der Waals surface area contributed by atoms with E-state index in [-0.39, 0.29) is 30.0 Å². The molecule has 1 heterocycles. The zero-order valence-corrected chi connectivity index (χ0v) is 11.9. The summed E-state index contributed by atoms with van der Waals surface area (Å²) >= 11 is 0. The quantitative estimate of drug-likeness (QED) is 0.894. The number of carbonyl (C=O) groups excluding carboxylic acids is 1. The zero-order valence-electron chi connectivity index (χ0n) is 11.0. The highest BCUT2D eigenvalue weighted by atomic mass is 35.5. The number of carbonyl (C=O) groups is 1. The lowest BCUT2D eigenvalue weighted by Gasteiger charge is -2.21. The number of halogens is 2. The Labute approximate surface area is 119 Å². The highest BCUT2D eigenvalue weighted by molar-refractivity contribution is 5.85. The second-order valence-electron chi connectivity index (χ2n) is 4.84. The van der Waals surface area contributed by atoms with Crippen molar-refractivity contribution < 1.29 is 9.18 Å². The van der Waals surface area contributed by atoms with Gasteiger partial charge in [-0.15, -0.1) is 12.4 Å². The summed E-state index contributed by atoms with van der Waals surface area (Å²) in [6.07, 6.45) is 1.97. The number of piperidine rings is 1. The lowest BCUT2D eigenvalue weighted by atomic mass is 9.99. The molecule has 2 rings (SSSR count). The Morgan fingerprint density at radius 1 is 1.53 bits per heavy atom. The minimum atomic E-state index is -0.221. The molecule has 0 bridgehead atoms. The van der Waals surface area contributed by atoms with Crippen molar-refractivity contribution in [3.8, 4) is 0 Å². The van der Waals surface area contributed by atoms with E-state index in [4.69, 9.17) is 0 Å². The molecule has 0 spiro atoms. The number of rotatable bonds is 3. The minimum Gasteiger partial charge on any atom is -0.352 e. The van der Waals surface area contributed by atoms with E-state index in [1.807, 2.05) is 6.07 Å². The van der Waals surface area contributed by atoms with E-state index in [2.05, 4.69) is 10.6 Å². The van der Waals surface area contributed by atoms with Gasteiger partial charge in [0, 0.05) is 13.1 Å². The third-order valence-corrected chi connectivity index (χ3v) is 3.37. The van der Waals surface area contributed by atoms with Crippen molar-refractivity contribution in [3.63, 3.8) is 0 Å². The molecule has 106 valence electrons. The highest BCUT2D eigenvalue weighted by Gasteiger charge is 2.20. The van der Waals surface area contributed by atoms with Crippen LogP contribution in [0.1, 0.15) is 24.0 Å². The fourth-order valence-corrected chi connectivity index (χ4v) is 2.16. The normalized spacial score (nSPS) is 18.5. The molecule has 3 nitrogen and oxygen atoms in total. The van der Waals surface area contributed by atoms with E-state index in [1.54, 1.807) is 13.0 Å². The largest absolute Gasteiger partial charge is 0.352 e. The van der Waals surface area contributed by atoms with Gasteiger partial charge in [-0.05, 0) is 43.5 Å². The molecule has 0 radical (unpaired) electrons. The summed E-state index contributed by atoms with van der Waals surface area (Å²) in [5.74, 6) is -0.113. The average molecular weight is 287 g/mol. The van der Waals surface area contributed by atoms with Gasteiger partial charge in [0.05, 0.1) is 5.92 Å². The van der Waals surface area contributed by atoms with Crippen LogP contribution >= 0.6 is 12.4 Å². The Bertz CT molecular complexity index is 433. The summed E-state index contributed by atoms with van der Waals surface area (Å²) in [6, 6.07) is 5.06. The fraction of sp³-hybridized carbons (Fsp3) is 0.500. The number of benzene rings is 1. The van der Waals surface area contributed by atoms with Gasteiger partial charge >= 0.3 is 0 Å². The van der Waals surface area contributed by atoms with Crippen LogP contribution in [0, 0.1) is 18.7 Å². The van der Waals surface area contributed by atoms with Crippen molar-refractivity contribution in [3.05, 3.63) is 35.1 Å². The Balaban J connectivity index is 0.00000180. The number of hydrogen-bond acceptors (Lipinski definition) is 2. The second kappa shape index (κ2) is 7.46. The lowest BCUT2D eigenvalue weighted by molar-refractivity contribution is -0.125. The standard InChI is InChI=1S/C14H19FN2O.ClH/c1-10-4-5-11(7-13(10)15)8-17-14(18)12-3-2-6-16-9-12;/h4-5,7,12,16H,2-3,6,8-9H2,1H3,(H,17,18);1H/t12-;/m1./s1. The van der Waals surface area contributed by atoms with Crippen molar-refractivity contribution in [2.24, 2.45) is 5.92 Å². The molecule has 0 aromatic heterocycles. The van der Waals surface area contributed by atoms with Gasteiger partial charge in [-0.1, -0.05) is 12.1 Å². The molecule has 1 atom stereocenters. The Morgan fingerprint density at radius 3 is 2.95 bits per heavy atom. The first kappa shape index (κ1) is 15.9. The summed E-state index contributed by atoms with van der Waals surface area (Å²) < 4.78 is 13.3. The van der Waals surface area contributed by atoms with Gasteiger partial charge in [0.1, 0.15) is 5.82 Å². The molecule has 1 aromatic carbocycles. The van der Waals surface area contributed by atoms with Crippen LogP contribution in [-0.4, -0.2) is 19.0 Å². The van der Waals surface area contributed by atoms with Gasteiger partial charge in [-0.25, -0.2) is 4.39 Å². The molecular weight excluding hydrogens is 267 g/mol. The second-order valence-corrected chi connectivity index (χ2v) is 4.84. The van der Waals surface area contributed by atoms with Gasteiger partial charge < -0.3 is 10.6 Å². The van der Waals surface area contributed by atoms with Gasteiger partial charge in [-0.3, -0.25) is 4.79 Å². The van der Waals surface area contributed by atoms with Crippen LogP contribution in [-0.2, 0) is 11.3 Å². The SMILES string of the molecule is Cc1ccc(CNC(=O)[C@@H]2CCCNC2)cc1F.Cl. The maximum atomic E-state index is 13.3. The topological polar surface area (TPSA) is 41.1 Å². The monoisotopic (exact) mass is 286 g/mol. The molecule has 19 heavy (non-hydrogen) atoms. The van der Waals surface area contributed by atoms with E-state index >= 15 is 0 Å². The fourth-order valence-electron chi connectivity index (χ4n) is 2.16. The Hall–Kier alpha value is -1.13. The van der Waals surface area contributed by atoms with Crippen molar-refractivity contribution in [2.75, 3.05) is 13.1 Å². The first-order chi connectivity index (χ1) is 8.66. The lowest BCUT2D eigenvalue weighted by Crippen LogP contribution is -2.40. The Morgan fingerprint density at radius 2 is 2.32 bits per heavy atom. The third-order valence-electron chi connectivity index (χ3n) is 3.37. The van der Waals surface area contributed by atoms with Crippen LogP contribution in [0.15, 0.2) is 18.2 Å². The first-order valence-electron chi connectivity index (χ1n) is 6.40. The Kier molecular flexibility index (Phi) is 6.25. The van der Waals surface area contributed by atoms with Crippen molar-refractivity contribution in [1.82, 2.24) is 10.6 Å². The van der Waals surface area contributed by atoms with E-state index in [0.29, 0.717) is 12.1 Å². The molecule has 1 aliphatic heterocycles. The predicted molar refractivity (Wildman–Crippen MR) is 75.8 cm³/mol. The van der Waals surface area contributed by atoms with Gasteiger partial charge in [0.25, 0.3) is 0 Å². The van der Waals surface area contributed by atoms with Crippen LogP contribution in [0.4, 0.5) is 4.39 Å². The molecular formula is C14H20ClFN2O. The third kappa shape index (κ3) is 4.48. The van der Waals surface area contributed by atoms with Crippen molar-refractivity contribution in [2.45, 2.75) is 26.3 Å². The zero-order chi connectivity index (χ0) is 13.0. The summed E-state index contributed by atoms with van der Waals surface area (Å²) in [6.45, 7) is 3.86. The molecule has 5 heteroatoms. The van der Waals surface area contributed by atoms with Gasteiger partial charge in [-0.2, -0.15) is 0 Å². The van der Waals surface area contributed by atoms with Crippen molar-refractivity contribution >= 4 is 18.3 Å². The van der Waals surface area contributed by atoms with Crippen LogP contribution < -0.4 is 10.6 Å². The summed E-state index contributed by atoms with van der Waals surface area (Å²) in [5, 5.41) is 6.08. The average Bonchev–Trinajstić information content (AvgIpc) is 2.41. The van der Waals surface area contributed by atoms with Crippen LogP contribution in [0.3, 0.4) is 0 Å². The van der Waals surface area contributed by atoms with Crippen LogP contribution in [0.5, 0.6) is 0 Å². The number of aryl methyl sites for hydroxylation is 1. The van der Waals surface area contributed by atoms with Crippen molar-refractivity contribution in [1.29, 1.82) is 0 Å². The number of hydrogen-bond donors (Lipinski definition) is 2. The molecule has 0 saturated carbocycles. The predicted octanol–water partition coefficient (Wildman–Crippen LogP) is 2.17. The van der Waals surface area contributed by atoms with Crippen LogP contribution in [0.2, 0.25) is 0 Å². The molecule has 1 saturated heterocycles.